The molecule has 1 N–H and O–H groups in total. The van der Waals surface area contributed by atoms with E-state index in [1.54, 1.807) is 6.07 Å². The van der Waals surface area contributed by atoms with Crippen molar-refractivity contribution in [1.29, 1.82) is 0 Å². The molecule has 1 heterocycles. The summed E-state index contributed by atoms with van der Waals surface area (Å²) >= 11 is 0. The number of ether oxygens (including phenoxy) is 1. The van der Waals surface area contributed by atoms with Crippen LogP contribution in [0.1, 0.15) is 30.5 Å². The van der Waals surface area contributed by atoms with Crippen LogP contribution in [-0.2, 0) is 0 Å². The van der Waals surface area contributed by atoms with Gasteiger partial charge in [0.15, 0.2) is 0 Å². The number of fused-ring (bicyclic) bond motifs is 1. The van der Waals surface area contributed by atoms with Crippen LogP contribution in [0, 0.1) is 19.7 Å². The number of rotatable bonds is 2. The van der Waals surface area contributed by atoms with Crippen molar-refractivity contribution in [1.82, 2.24) is 0 Å². The van der Waals surface area contributed by atoms with Gasteiger partial charge < -0.3 is 10.1 Å². The average Bonchev–Trinajstić information content (AvgIpc) is 2.53. The van der Waals surface area contributed by atoms with Gasteiger partial charge >= 0.3 is 0 Å². The molecule has 0 aromatic heterocycles. The van der Waals surface area contributed by atoms with E-state index in [4.69, 9.17) is 4.74 Å². The first-order chi connectivity index (χ1) is 10.6. The zero-order valence-electron chi connectivity index (χ0n) is 13.5. The number of hydrogen-bond acceptors (Lipinski definition) is 2. The van der Waals surface area contributed by atoms with E-state index in [9.17, 15) is 4.39 Å². The summed E-state index contributed by atoms with van der Waals surface area (Å²) < 4.78 is 19.1. The van der Waals surface area contributed by atoms with Gasteiger partial charge in [0.25, 0.3) is 0 Å². The number of halogens is 1. The van der Waals surface area contributed by atoms with Crippen LogP contribution < -0.4 is 10.1 Å². The minimum Gasteiger partial charge on any atom is -0.457 e. The predicted octanol–water partition coefficient (Wildman–Crippen LogP) is 5.31. The number of para-hydroxylation sites is 1. The number of benzene rings is 2. The smallest absolute Gasteiger partial charge is 0.134 e. The topological polar surface area (TPSA) is 21.3 Å². The first-order valence-electron chi connectivity index (χ1n) is 7.63. The minimum atomic E-state index is -0.245. The molecule has 22 heavy (non-hydrogen) atoms. The molecule has 0 fully saturated rings. The van der Waals surface area contributed by atoms with Crippen LogP contribution >= 0.6 is 0 Å². The molecular weight excluding hydrogens is 277 g/mol. The molecule has 0 saturated heterocycles. The van der Waals surface area contributed by atoms with Gasteiger partial charge in [-0.05, 0) is 55.3 Å². The predicted molar refractivity (Wildman–Crippen MR) is 90.8 cm³/mol. The van der Waals surface area contributed by atoms with Gasteiger partial charge in [0.05, 0.1) is 0 Å². The van der Waals surface area contributed by atoms with Crippen molar-refractivity contribution >= 4 is 11.4 Å². The second kappa shape index (κ2) is 7.12. The van der Waals surface area contributed by atoms with Crippen molar-refractivity contribution in [3.63, 3.8) is 0 Å². The summed E-state index contributed by atoms with van der Waals surface area (Å²) in [7, 11) is 0. The van der Waals surface area contributed by atoms with Crippen molar-refractivity contribution in [2.75, 3.05) is 11.9 Å². The van der Waals surface area contributed by atoms with E-state index in [1.807, 2.05) is 39.0 Å². The molecule has 0 aliphatic carbocycles. The molecule has 0 amide bonds. The molecule has 116 valence electrons. The van der Waals surface area contributed by atoms with Crippen LogP contribution in [0.4, 0.5) is 10.1 Å². The van der Waals surface area contributed by atoms with Crippen molar-refractivity contribution in [3.8, 4) is 5.75 Å². The maximum absolute atomic E-state index is 13.1. The van der Waals surface area contributed by atoms with Crippen LogP contribution in [0.15, 0.2) is 42.5 Å². The summed E-state index contributed by atoms with van der Waals surface area (Å²) in [4.78, 5) is 0. The lowest BCUT2D eigenvalue weighted by molar-refractivity contribution is 0.505. The molecule has 0 atom stereocenters. The van der Waals surface area contributed by atoms with Crippen molar-refractivity contribution in [3.05, 3.63) is 65.0 Å². The molecule has 3 heteroatoms. The van der Waals surface area contributed by atoms with Gasteiger partial charge in [0.1, 0.15) is 17.3 Å². The van der Waals surface area contributed by atoms with Gasteiger partial charge in [0, 0.05) is 17.8 Å². The lowest BCUT2D eigenvalue weighted by Gasteiger charge is -2.22. The Bertz CT molecular complexity index is 692. The highest BCUT2D eigenvalue weighted by Gasteiger charge is 2.16. The van der Waals surface area contributed by atoms with Gasteiger partial charge in [-0.2, -0.15) is 0 Å². The highest BCUT2D eigenvalue weighted by atomic mass is 19.1. The fourth-order valence-corrected chi connectivity index (χ4v) is 2.41. The zero-order chi connectivity index (χ0) is 16.1. The van der Waals surface area contributed by atoms with E-state index in [0.717, 1.165) is 29.1 Å². The Balaban J connectivity index is 0.000000847. The third-order valence-corrected chi connectivity index (χ3v) is 3.46. The molecular formula is C19H22FNO. The van der Waals surface area contributed by atoms with E-state index in [0.29, 0.717) is 5.75 Å². The molecule has 0 spiro atoms. The molecule has 2 aromatic rings. The van der Waals surface area contributed by atoms with E-state index in [-0.39, 0.29) is 5.82 Å². The Morgan fingerprint density at radius 3 is 2.55 bits per heavy atom. The quantitative estimate of drug-likeness (QED) is 0.811. The van der Waals surface area contributed by atoms with E-state index in [2.05, 4.69) is 18.3 Å². The molecule has 2 nitrogen and oxygen atoms in total. The number of hydrogen-bond donors (Lipinski definition) is 1. The molecule has 0 saturated carbocycles. The van der Waals surface area contributed by atoms with Gasteiger partial charge in [-0.25, -0.2) is 4.39 Å². The standard InChI is InChI=1S/C17H16FNO.C2H6/c1-11-4-3-5-14-16(8-9-19-17(11)14)20-15-7-6-13(18)10-12(15)2;1-2/h3-8,10,19H,9H2,1-2H3;1-2H3. The van der Waals surface area contributed by atoms with Crippen molar-refractivity contribution in [2.45, 2.75) is 27.7 Å². The van der Waals surface area contributed by atoms with E-state index in [1.165, 1.54) is 17.7 Å². The Labute approximate surface area is 131 Å². The Morgan fingerprint density at radius 1 is 1.05 bits per heavy atom. The Morgan fingerprint density at radius 2 is 1.82 bits per heavy atom. The third-order valence-electron chi connectivity index (χ3n) is 3.46. The molecule has 0 bridgehead atoms. The van der Waals surface area contributed by atoms with Gasteiger partial charge in [0.2, 0.25) is 0 Å². The fraction of sp³-hybridized carbons (Fsp3) is 0.263. The highest BCUT2D eigenvalue weighted by Crippen LogP contribution is 2.33. The maximum atomic E-state index is 13.1. The lowest BCUT2D eigenvalue weighted by atomic mass is 10.0. The SMILES string of the molecule is CC.Cc1cc(F)ccc1OC1=CCNc2c(C)cccc21. The van der Waals surface area contributed by atoms with Crippen LogP contribution in [-0.4, -0.2) is 6.54 Å². The van der Waals surface area contributed by atoms with Crippen LogP contribution in [0.5, 0.6) is 5.75 Å². The minimum absolute atomic E-state index is 0.245. The summed E-state index contributed by atoms with van der Waals surface area (Å²) in [6.07, 6.45) is 2.00. The summed E-state index contributed by atoms with van der Waals surface area (Å²) in [5.74, 6) is 1.26. The zero-order valence-corrected chi connectivity index (χ0v) is 13.5. The average molecular weight is 299 g/mol. The number of aryl methyl sites for hydroxylation is 2. The fourth-order valence-electron chi connectivity index (χ4n) is 2.41. The largest absolute Gasteiger partial charge is 0.457 e. The molecule has 1 aliphatic rings. The highest BCUT2D eigenvalue weighted by molar-refractivity contribution is 5.79. The van der Waals surface area contributed by atoms with E-state index < -0.39 is 0 Å². The molecule has 0 radical (unpaired) electrons. The molecule has 1 aliphatic heterocycles. The number of nitrogens with one attached hydrogen (secondary N) is 1. The lowest BCUT2D eigenvalue weighted by Crippen LogP contribution is -2.12. The number of anilines is 1. The normalized spacial score (nSPS) is 12.3. The van der Waals surface area contributed by atoms with Crippen LogP contribution in [0.2, 0.25) is 0 Å². The first-order valence-corrected chi connectivity index (χ1v) is 7.63. The Hall–Kier alpha value is -2.29. The monoisotopic (exact) mass is 299 g/mol. The van der Waals surface area contributed by atoms with Crippen LogP contribution in [0.25, 0.3) is 5.76 Å². The van der Waals surface area contributed by atoms with Gasteiger partial charge in [-0.15, -0.1) is 0 Å². The van der Waals surface area contributed by atoms with Crippen LogP contribution in [0.3, 0.4) is 0 Å². The Kier molecular flexibility index (Phi) is 5.21. The third kappa shape index (κ3) is 3.30. The van der Waals surface area contributed by atoms with Gasteiger partial charge in [-0.1, -0.05) is 26.0 Å². The van der Waals surface area contributed by atoms with Crippen molar-refractivity contribution < 1.29 is 9.13 Å². The molecule has 2 aromatic carbocycles. The summed E-state index contributed by atoms with van der Waals surface area (Å²) in [6, 6.07) is 10.7. The summed E-state index contributed by atoms with van der Waals surface area (Å²) in [5.41, 5.74) is 4.12. The van der Waals surface area contributed by atoms with E-state index >= 15 is 0 Å². The van der Waals surface area contributed by atoms with Gasteiger partial charge in [-0.3, -0.25) is 0 Å². The second-order valence-corrected chi connectivity index (χ2v) is 4.96. The molecule has 0 unspecified atom stereocenters. The summed E-state index contributed by atoms with van der Waals surface area (Å²) in [6.45, 7) is 8.64. The first kappa shape index (κ1) is 16.1. The van der Waals surface area contributed by atoms with Crippen molar-refractivity contribution in [2.24, 2.45) is 0 Å². The maximum Gasteiger partial charge on any atom is 0.134 e. The summed E-state index contributed by atoms with van der Waals surface area (Å²) in [5, 5.41) is 3.35. The molecule has 3 rings (SSSR count). The second-order valence-electron chi connectivity index (χ2n) is 4.96.